The summed E-state index contributed by atoms with van der Waals surface area (Å²) >= 11 is 0. The number of nitrogens with zero attached hydrogens (tertiary/aromatic N) is 3. The molecule has 5 aromatic rings. The van der Waals surface area contributed by atoms with Gasteiger partial charge in [0.05, 0.1) is 27.0 Å². The van der Waals surface area contributed by atoms with Crippen LogP contribution < -0.4 is 14.2 Å². The number of methoxy groups -OCH3 is 3. The summed E-state index contributed by atoms with van der Waals surface area (Å²) in [5.74, 6) is 2.43. The molecule has 6 nitrogen and oxygen atoms in total. The van der Waals surface area contributed by atoms with Gasteiger partial charge in [-0.1, -0.05) is 60.7 Å². The highest BCUT2D eigenvalue weighted by molar-refractivity contribution is 6.44. The number of halogens is 2. The van der Waals surface area contributed by atoms with Crippen molar-refractivity contribution in [3.63, 3.8) is 0 Å². The van der Waals surface area contributed by atoms with Crippen LogP contribution in [0.1, 0.15) is 22.3 Å². The Morgan fingerprint density at radius 1 is 0.739 bits per heavy atom. The molecule has 4 aromatic carbocycles. The molecule has 46 heavy (non-hydrogen) atoms. The van der Waals surface area contributed by atoms with E-state index in [0.717, 1.165) is 32.3 Å². The predicted octanol–water partition coefficient (Wildman–Crippen LogP) is 8.34. The van der Waals surface area contributed by atoms with Gasteiger partial charge in [0.15, 0.2) is 5.84 Å². The maximum Gasteiger partial charge on any atom is 0.679 e. The minimum absolute atomic E-state index is 0.161. The smallest absolute Gasteiger partial charge is 0.497 e. The van der Waals surface area contributed by atoms with Gasteiger partial charge in [-0.3, -0.25) is 8.63 Å². The van der Waals surface area contributed by atoms with Crippen molar-refractivity contribution in [1.29, 1.82) is 0 Å². The number of hydrogen-bond donors (Lipinski definition) is 0. The average molecular weight is 613 g/mol. The first kappa shape index (κ1) is 29.3. The predicted molar refractivity (Wildman–Crippen MR) is 180 cm³/mol. The molecule has 0 bridgehead atoms. The molecule has 0 amide bonds. The van der Waals surface area contributed by atoms with Gasteiger partial charge in [0, 0.05) is 28.0 Å². The van der Waals surface area contributed by atoms with Crippen molar-refractivity contribution in [1.82, 2.24) is 4.48 Å². The molecule has 7 rings (SSSR count). The van der Waals surface area contributed by atoms with E-state index < -0.39 is 7.40 Å². The molecule has 0 spiro atoms. The van der Waals surface area contributed by atoms with E-state index in [2.05, 4.69) is 0 Å². The number of aryl methyl sites for hydroxylation is 1. The average Bonchev–Trinajstić information content (AvgIpc) is 3.67. The quantitative estimate of drug-likeness (QED) is 0.165. The van der Waals surface area contributed by atoms with Crippen molar-refractivity contribution in [2.24, 2.45) is 9.98 Å². The topological polar surface area (TPSA) is 57.3 Å². The molecule has 0 saturated heterocycles. The van der Waals surface area contributed by atoms with Gasteiger partial charge in [-0.15, -0.1) is 0 Å². The molecule has 1 aliphatic heterocycles. The summed E-state index contributed by atoms with van der Waals surface area (Å²) in [4.78, 5) is 10.0. The fraction of sp³-hybridized carbons (Fsp3) is 0.135. The summed E-state index contributed by atoms with van der Waals surface area (Å²) in [6.45, 7) is 0. The molecule has 2 aliphatic rings. The van der Waals surface area contributed by atoms with Crippen LogP contribution >= 0.6 is 0 Å². The molecule has 228 valence electrons. The van der Waals surface area contributed by atoms with Gasteiger partial charge >= 0.3 is 7.40 Å². The molecule has 9 heteroatoms. The first-order chi connectivity index (χ1) is 22.5. The second-order valence-electron chi connectivity index (χ2n) is 11.0. The normalized spacial score (nSPS) is 14.3. The lowest BCUT2D eigenvalue weighted by Crippen LogP contribution is -2.16. The van der Waals surface area contributed by atoms with Crippen LogP contribution in [0.5, 0.6) is 17.2 Å². The summed E-state index contributed by atoms with van der Waals surface area (Å²) in [5.41, 5.74) is 7.38. The van der Waals surface area contributed by atoms with Gasteiger partial charge in [0.25, 0.3) is 0 Å². The molecular formula is C37H30BF2N3O3. The Kier molecular flexibility index (Phi) is 7.74. The molecule has 1 aromatic heterocycles. The number of allylic oxidation sites excluding steroid dienone is 1. The zero-order valence-corrected chi connectivity index (χ0v) is 25.6. The highest BCUT2D eigenvalue weighted by Gasteiger charge is 2.36. The van der Waals surface area contributed by atoms with Crippen molar-refractivity contribution in [2.45, 2.75) is 12.8 Å². The molecule has 0 radical (unpaired) electrons. The maximum absolute atomic E-state index is 15.4. The van der Waals surface area contributed by atoms with Crippen LogP contribution in [-0.4, -0.2) is 44.8 Å². The van der Waals surface area contributed by atoms with E-state index in [1.807, 2.05) is 103 Å². The first-order valence-corrected chi connectivity index (χ1v) is 15.0. The third kappa shape index (κ3) is 5.07. The van der Waals surface area contributed by atoms with E-state index in [4.69, 9.17) is 24.2 Å². The molecule has 0 unspecified atom stereocenters. The molecular weight excluding hydrogens is 583 g/mol. The Hall–Kier alpha value is -5.44. The lowest BCUT2D eigenvalue weighted by molar-refractivity contribution is 0.402. The SMILES string of the molecule is COc1ccc2c(c1)CCc1c(-c3ccccc3)c(/N=C3\N=C(c4cc(OC)ccc4OC)C=C3c3ccccc3)n(B(F)F)c1-2. The monoisotopic (exact) mass is 613 g/mol. The number of fused-ring (bicyclic) bond motifs is 3. The maximum atomic E-state index is 15.4. The van der Waals surface area contributed by atoms with E-state index in [-0.39, 0.29) is 5.82 Å². The minimum Gasteiger partial charge on any atom is -0.497 e. The number of aliphatic imine (C=N–C) groups is 2. The summed E-state index contributed by atoms with van der Waals surface area (Å²) in [5, 5.41) is 0. The van der Waals surface area contributed by atoms with Gasteiger partial charge in [-0.05, 0) is 77.6 Å². The Labute approximate surface area is 266 Å². The zero-order chi connectivity index (χ0) is 31.8. The molecule has 0 fully saturated rings. The van der Waals surface area contributed by atoms with Crippen molar-refractivity contribution >= 4 is 30.3 Å². The Morgan fingerprint density at radius 2 is 1.41 bits per heavy atom. The molecule has 0 saturated carbocycles. The second kappa shape index (κ2) is 12.2. The van der Waals surface area contributed by atoms with E-state index in [1.54, 1.807) is 21.3 Å². The highest BCUT2D eigenvalue weighted by atomic mass is 19.2. The van der Waals surface area contributed by atoms with Gasteiger partial charge in [0.2, 0.25) is 0 Å². The van der Waals surface area contributed by atoms with Crippen LogP contribution in [0.3, 0.4) is 0 Å². The van der Waals surface area contributed by atoms with Crippen LogP contribution in [0.25, 0.3) is 28.0 Å². The van der Waals surface area contributed by atoms with Crippen LogP contribution in [0, 0.1) is 0 Å². The lowest BCUT2D eigenvalue weighted by atomic mass is 9.86. The third-order valence-corrected chi connectivity index (χ3v) is 8.48. The van der Waals surface area contributed by atoms with Crippen molar-refractivity contribution in [3.05, 3.63) is 125 Å². The number of rotatable bonds is 8. The van der Waals surface area contributed by atoms with E-state index >= 15 is 8.63 Å². The first-order valence-electron chi connectivity index (χ1n) is 15.0. The fourth-order valence-electron chi connectivity index (χ4n) is 6.34. The van der Waals surface area contributed by atoms with Crippen molar-refractivity contribution in [3.8, 4) is 39.6 Å². The molecule has 2 heterocycles. The fourth-order valence-corrected chi connectivity index (χ4v) is 6.34. The summed E-state index contributed by atoms with van der Waals surface area (Å²) in [6.07, 6.45) is 3.19. The van der Waals surface area contributed by atoms with Crippen molar-refractivity contribution < 1.29 is 22.8 Å². The third-order valence-electron chi connectivity index (χ3n) is 8.48. The number of aromatic nitrogens is 1. The summed E-state index contributed by atoms with van der Waals surface area (Å²) in [6, 6.07) is 30.4. The molecule has 1 aliphatic carbocycles. The number of ether oxygens (including phenoxy) is 3. The Bertz CT molecular complexity index is 2040. The highest BCUT2D eigenvalue weighted by Crippen LogP contribution is 2.48. The summed E-state index contributed by atoms with van der Waals surface area (Å²) in [7, 11) is 1.94. The summed E-state index contributed by atoms with van der Waals surface area (Å²) < 4.78 is 48.5. The lowest BCUT2D eigenvalue weighted by Gasteiger charge is -2.20. The van der Waals surface area contributed by atoms with Crippen LogP contribution in [0.15, 0.2) is 113 Å². The minimum atomic E-state index is -2.86. The van der Waals surface area contributed by atoms with E-state index in [1.165, 1.54) is 0 Å². The molecule has 0 atom stereocenters. The van der Waals surface area contributed by atoms with Crippen LogP contribution in [0.4, 0.5) is 14.4 Å². The Morgan fingerprint density at radius 3 is 2.09 bits per heavy atom. The second-order valence-corrected chi connectivity index (χ2v) is 11.0. The molecule has 0 N–H and O–H groups in total. The van der Waals surface area contributed by atoms with E-state index in [0.29, 0.717) is 64.0 Å². The van der Waals surface area contributed by atoms with Gasteiger partial charge in [0.1, 0.15) is 23.1 Å². The standard InChI is InChI=1S/C37H30BF2N3O3/c1-44-26-15-18-28-25(20-26)14-17-29-34(24-12-8-5-9-13-24)37(43(35(28)29)38(39)40)42-36-30(23-10-6-4-7-11-23)22-32(41-36)31-21-27(45-2)16-19-33(31)46-3/h4-13,15-16,18-22H,14,17H2,1-3H3/b42-36-. The van der Waals surface area contributed by atoms with Gasteiger partial charge in [-0.2, -0.15) is 0 Å². The van der Waals surface area contributed by atoms with Gasteiger partial charge < -0.3 is 18.7 Å². The Balaban J connectivity index is 1.51. The number of amidine groups is 1. The number of hydrogen-bond acceptors (Lipinski definition) is 4. The van der Waals surface area contributed by atoms with E-state index in [9.17, 15) is 0 Å². The largest absolute Gasteiger partial charge is 0.679 e. The van der Waals surface area contributed by atoms with Crippen LogP contribution in [0.2, 0.25) is 0 Å². The van der Waals surface area contributed by atoms with Gasteiger partial charge in [-0.25, -0.2) is 9.98 Å². The van der Waals surface area contributed by atoms with Crippen LogP contribution in [-0.2, 0) is 12.8 Å². The zero-order valence-electron chi connectivity index (χ0n) is 25.6. The van der Waals surface area contributed by atoms with Crippen molar-refractivity contribution in [2.75, 3.05) is 21.3 Å². The number of benzene rings is 4.